The van der Waals surface area contributed by atoms with E-state index < -0.39 is 26.3 Å². The number of sulfonamides is 1. The third-order valence-corrected chi connectivity index (χ3v) is 9.08. The molecule has 6 nitrogen and oxygen atoms in total. The van der Waals surface area contributed by atoms with E-state index in [9.17, 15) is 18.3 Å². The van der Waals surface area contributed by atoms with Crippen LogP contribution in [0.2, 0.25) is 0 Å². The minimum atomic E-state index is -4.01. The summed E-state index contributed by atoms with van der Waals surface area (Å²) >= 11 is 1.46. The highest BCUT2D eigenvalue weighted by atomic mass is 32.2. The van der Waals surface area contributed by atoms with Crippen molar-refractivity contribution in [3.05, 3.63) is 60.2 Å². The van der Waals surface area contributed by atoms with Crippen LogP contribution in [-0.4, -0.2) is 53.0 Å². The van der Waals surface area contributed by atoms with Gasteiger partial charge in [0.1, 0.15) is 17.9 Å². The fourth-order valence-electron chi connectivity index (χ4n) is 3.39. The zero-order chi connectivity index (χ0) is 22.7. The lowest BCUT2D eigenvalue weighted by Crippen LogP contribution is -2.67. The predicted molar refractivity (Wildman–Crippen MR) is 122 cm³/mol. The molecule has 0 saturated carbocycles. The zero-order valence-corrected chi connectivity index (χ0v) is 19.3. The SMILES string of the molecule is CC1(C)SCCN(S(=O)(=O)c2ccc(OCC#Cc3ccccc3)cc2)[C@@]1(C)C(=O)O. The molecule has 0 aromatic heterocycles. The molecular formula is C23H25NO5S2. The van der Waals surface area contributed by atoms with Crippen molar-refractivity contribution in [1.29, 1.82) is 0 Å². The summed E-state index contributed by atoms with van der Waals surface area (Å²) < 4.78 is 32.5. The van der Waals surface area contributed by atoms with Crippen molar-refractivity contribution < 1.29 is 23.1 Å². The topological polar surface area (TPSA) is 83.9 Å². The number of aliphatic carboxylic acids is 1. The summed E-state index contributed by atoms with van der Waals surface area (Å²) in [5.74, 6) is 5.74. The average molecular weight is 460 g/mol. The molecule has 0 bridgehead atoms. The number of benzene rings is 2. The lowest BCUT2D eigenvalue weighted by molar-refractivity contribution is -0.149. The van der Waals surface area contributed by atoms with Crippen LogP contribution in [0.15, 0.2) is 59.5 Å². The number of thioether (sulfide) groups is 1. The number of carboxylic acid groups (broad SMARTS) is 1. The van der Waals surface area contributed by atoms with Crippen LogP contribution in [0.1, 0.15) is 26.3 Å². The van der Waals surface area contributed by atoms with E-state index in [4.69, 9.17) is 4.74 Å². The van der Waals surface area contributed by atoms with Gasteiger partial charge in [-0.05, 0) is 57.2 Å². The molecular weight excluding hydrogens is 434 g/mol. The van der Waals surface area contributed by atoms with Crippen LogP contribution < -0.4 is 4.74 Å². The maximum Gasteiger partial charge on any atom is 0.326 e. The number of hydrogen-bond acceptors (Lipinski definition) is 5. The van der Waals surface area contributed by atoms with Crippen LogP contribution in [0, 0.1) is 11.8 Å². The van der Waals surface area contributed by atoms with E-state index >= 15 is 0 Å². The van der Waals surface area contributed by atoms with Crippen molar-refractivity contribution in [2.75, 3.05) is 18.9 Å². The highest BCUT2D eigenvalue weighted by Gasteiger charge is 2.58. The Morgan fingerprint density at radius 1 is 1.13 bits per heavy atom. The molecule has 0 amide bonds. The monoisotopic (exact) mass is 459 g/mol. The fourth-order valence-corrected chi connectivity index (χ4v) is 6.68. The average Bonchev–Trinajstić information content (AvgIpc) is 2.74. The summed E-state index contributed by atoms with van der Waals surface area (Å²) in [7, 11) is -4.01. The molecule has 1 N–H and O–H groups in total. The first-order chi connectivity index (χ1) is 14.6. The van der Waals surface area contributed by atoms with E-state index in [1.165, 1.54) is 30.8 Å². The quantitative estimate of drug-likeness (QED) is 0.690. The molecule has 1 saturated heterocycles. The van der Waals surface area contributed by atoms with E-state index in [0.29, 0.717) is 11.5 Å². The van der Waals surface area contributed by atoms with Crippen LogP contribution in [0.5, 0.6) is 5.75 Å². The van der Waals surface area contributed by atoms with Gasteiger partial charge in [-0.3, -0.25) is 4.79 Å². The van der Waals surface area contributed by atoms with Crippen LogP contribution in [0.4, 0.5) is 0 Å². The lowest BCUT2D eigenvalue weighted by Gasteiger charge is -2.50. The van der Waals surface area contributed by atoms with Gasteiger partial charge in [-0.1, -0.05) is 30.0 Å². The van der Waals surface area contributed by atoms with Gasteiger partial charge in [0.25, 0.3) is 0 Å². The Kier molecular flexibility index (Phi) is 6.70. The molecule has 8 heteroatoms. The molecule has 0 radical (unpaired) electrons. The normalized spacial score (nSPS) is 21.0. The Hall–Kier alpha value is -2.47. The van der Waals surface area contributed by atoms with Gasteiger partial charge in [-0.15, -0.1) is 0 Å². The smallest absolute Gasteiger partial charge is 0.326 e. The molecule has 2 aromatic rings. The molecule has 1 atom stereocenters. The zero-order valence-electron chi connectivity index (χ0n) is 17.7. The number of carbonyl (C=O) groups is 1. The molecule has 3 rings (SSSR count). The van der Waals surface area contributed by atoms with Crippen molar-refractivity contribution >= 4 is 27.8 Å². The number of rotatable bonds is 5. The standard InChI is InChI=1S/C23H25NO5S2/c1-22(2)23(3,21(25)26)24(15-17-30-22)31(27,28)20-13-11-19(12-14-20)29-16-7-10-18-8-5-4-6-9-18/h4-6,8-9,11-14H,15-17H2,1-3H3,(H,25,26)/t23-/m0/s1. The predicted octanol–water partition coefficient (Wildman–Crippen LogP) is 3.48. The van der Waals surface area contributed by atoms with Crippen LogP contribution in [0.3, 0.4) is 0 Å². The van der Waals surface area contributed by atoms with Crippen LogP contribution >= 0.6 is 11.8 Å². The van der Waals surface area contributed by atoms with Gasteiger partial charge in [0.05, 0.1) is 4.90 Å². The Labute approximate surface area is 187 Å². The van der Waals surface area contributed by atoms with E-state index in [0.717, 1.165) is 9.87 Å². The summed E-state index contributed by atoms with van der Waals surface area (Å²) in [6, 6.07) is 15.5. The molecule has 164 valence electrons. The largest absolute Gasteiger partial charge is 0.481 e. The third kappa shape index (κ3) is 4.59. The maximum absolute atomic E-state index is 13.3. The molecule has 31 heavy (non-hydrogen) atoms. The first-order valence-corrected chi connectivity index (χ1v) is 12.2. The van der Waals surface area contributed by atoms with Crippen molar-refractivity contribution in [1.82, 2.24) is 4.31 Å². The first-order valence-electron chi connectivity index (χ1n) is 9.76. The van der Waals surface area contributed by atoms with Gasteiger partial charge >= 0.3 is 5.97 Å². The Balaban J connectivity index is 1.76. The first kappa shape index (κ1) is 23.2. The Morgan fingerprint density at radius 3 is 2.39 bits per heavy atom. The maximum atomic E-state index is 13.3. The van der Waals surface area contributed by atoms with E-state index in [-0.39, 0.29) is 18.0 Å². The van der Waals surface area contributed by atoms with Crippen molar-refractivity contribution in [2.24, 2.45) is 0 Å². The second-order valence-corrected chi connectivity index (χ2v) is 11.3. The number of hydrogen-bond donors (Lipinski definition) is 1. The Bertz CT molecular complexity index is 1100. The second kappa shape index (κ2) is 8.95. The molecule has 1 heterocycles. The third-order valence-electron chi connectivity index (χ3n) is 5.57. The van der Waals surface area contributed by atoms with Gasteiger partial charge in [0.2, 0.25) is 10.0 Å². The van der Waals surface area contributed by atoms with E-state index in [2.05, 4.69) is 11.8 Å². The van der Waals surface area contributed by atoms with Crippen LogP contribution in [0.25, 0.3) is 0 Å². The molecule has 2 aromatic carbocycles. The van der Waals surface area contributed by atoms with Crippen molar-refractivity contribution in [2.45, 2.75) is 36.0 Å². The number of nitrogens with zero attached hydrogens (tertiary/aromatic N) is 1. The van der Waals surface area contributed by atoms with Gasteiger partial charge < -0.3 is 9.84 Å². The van der Waals surface area contributed by atoms with Crippen molar-refractivity contribution in [3.8, 4) is 17.6 Å². The number of carboxylic acids is 1. The highest BCUT2D eigenvalue weighted by Crippen LogP contribution is 2.45. The van der Waals surface area contributed by atoms with Gasteiger partial charge in [0, 0.05) is 22.6 Å². The molecule has 1 aliphatic rings. The molecule has 1 fully saturated rings. The molecule has 0 aliphatic carbocycles. The lowest BCUT2D eigenvalue weighted by atomic mass is 9.87. The van der Waals surface area contributed by atoms with Gasteiger partial charge in [-0.2, -0.15) is 16.1 Å². The second-order valence-electron chi connectivity index (χ2n) is 7.74. The summed E-state index contributed by atoms with van der Waals surface area (Å²) in [4.78, 5) is 12.2. The molecule has 0 spiro atoms. The van der Waals surface area contributed by atoms with E-state index in [1.807, 2.05) is 30.3 Å². The summed E-state index contributed by atoms with van der Waals surface area (Å²) in [6.07, 6.45) is 0. The fraction of sp³-hybridized carbons (Fsp3) is 0.348. The van der Waals surface area contributed by atoms with Gasteiger partial charge in [-0.25, -0.2) is 8.42 Å². The molecule has 1 aliphatic heterocycles. The Morgan fingerprint density at radius 2 is 1.77 bits per heavy atom. The number of ether oxygens (including phenoxy) is 1. The highest BCUT2D eigenvalue weighted by molar-refractivity contribution is 8.01. The summed E-state index contributed by atoms with van der Waals surface area (Å²) in [5.41, 5.74) is -0.687. The molecule has 0 unspecified atom stereocenters. The minimum Gasteiger partial charge on any atom is -0.481 e. The van der Waals surface area contributed by atoms with E-state index in [1.54, 1.807) is 26.0 Å². The van der Waals surface area contributed by atoms with Crippen molar-refractivity contribution in [3.63, 3.8) is 0 Å². The van der Waals surface area contributed by atoms with Gasteiger partial charge in [0.15, 0.2) is 0 Å². The minimum absolute atomic E-state index is 0.0328. The summed E-state index contributed by atoms with van der Waals surface area (Å²) in [6.45, 7) is 5.30. The summed E-state index contributed by atoms with van der Waals surface area (Å²) in [5, 5.41) is 9.91. The van der Waals surface area contributed by atoms with Crippen LogP contribution in [-0.2, 0) is 14.8 Å².